The summed E-state index contributed by atoms with van der Waals surface area (Å²) in [4.78, 5) is 21.7. The molecule has 0 aromatic heterocycles. The van der Waals surface area contributed by atoms with Crippen molar-refractivity contribution in [2.45, 2.75) is 12.6 Å². The molecule has 0 saturated carbocycles. The average Bonchev–Trinajstić information content (AvgIpc) is 1.87. The molecule has 0 heterocycles. The van der Waals surface area contributed by atoms with Gasteiger partial charge in [0.05, 0.1) is 6.42 Å². The molecule has 0 aliphatic rings. The number of amides is 1. The first kappa shape index (κ1) is 9.87. The number of hydrogen-bond donors (Lipinski definition) is 1. The summed E-state index contributed by atoms with van der Waals surface area (Å²) in [6, 6.07) is 0. The molecular weight excluding hydrogens is 153 g/mol. The fourth-order valence-corrected chi connectivity index (χ4v) is 0.423. The van der Waals surface area contributed by atoms with Crippen LogP contribution >= 0.6 is 0 Å². The van der Waals surface area contributed by atoms with Crippen molar-refractivity contribution >= 4 is 11.9 Å². The van der Waals surface area contributed by atoms with Gasteiger partial charge in [-0.05, 0) is 0 Å². The van der Waals surface area contributed by atoms with Gasteiger partial charge < -0.3 is 10.0 Å². The molecule has 11 heavy (non-hydrogen) atoms. The fraction of sp³-hybridized carbons (Fsp3) is 0.667. The minimum Gasteiger partial charge on any atom is -0.479 e. The summed E-state index contributed by atoms with van der Waals surface area (Å²) in [6.07, 6.45) is -2.69. The highest BCUT2D eigenvalue weighted by Crippen LogP contribution is 1.99. The highest BCUT2D eigenvalue weighted by atomic mass is 19.1. The SMILES string of the molecule is CN(C)C(=O)C[C@H](F)C(=O)O. The van der Waals surface area contributed by atoms with Crippen LogP contribution < -0.4 is 0 Å². The third-order valence-corrected chi connectivity index (χ3v) is 1.12. The molecule has 0 radical (unpaired) electrons. The van der Waals surface area contributed by atoms with Crippen molar-refractivity contribution in [3.8, 4) is 0 Å². The van der Waals surface area contributed by atoms with Gasteiger partial charge in [-0.2, -0.15) is 0 Å². The summed E-state index contributed by atoms with van der Waals surface area (Å²) in [5.41, 5.74) is 0. The zero-order valence-electron chi connectivity index (χ0n) is 6.37. The molecule has 0 saturated heterocycles. The number of hydrogen-bond acceptors (Lipinski definition) is 2. The van der Waals surface area contributed by atoms with Gasteiger partial charge in [0.1, 0.15) is 0 Å². The summed E-state index contributed by atoms with van der Waals surface area (Å²) >= 11 is 0. The van der Waals surface area contributed by atoms with Crippen LogP contribution in [0.15, 0.2) is 0 Å². The van der Waals surface area contributed by atoms with Crippen LogP contribution in [0.1, 0.15) is 6.42 Å². The molecule has 0 fully saturated rings. The standard InChI is InChI=1S/C6H10FNO3/c1-8(2)5(9)3-4(7)6(10)11/h4H,3H2,1-2H3,(H,10,11)/t4-/m0/s1. The molecule has 5 heteroatoms. The number of carbonyl (C=O) groups is 2. The molecule has 1 N–H and O–H groups in total. The minimum atomic E-state index is -2.09. The molecule has 0 spiro atoms. The van der Waals surface area contributed by atoms with Crippen molar-refractivity contribution in [3.05, 3.63) is 0 Å². The quantitative estimate of drug-likeness (QED) is 0.631. The monoisotopic (exact) mass is 163 g/mol. The number of carboxylic acid groups (broad SMARTS) is 1. The topological polar surface area (TPSA) is 57.6 Å². The largest absolute Gasteiger partial charge is 0.479 e. The zero-order valence-corrected chi connectivity index (χ0v) is 6.37. The Hall–Kier alpha value is -1.13. The maximum Gasteiger partial charge on any atom is 0.338 e. The van der Waals surface area contributed by atoms with Crippen LogP contribution in [0.25, 0.3) is 0 Å². The first-order valence-corrected chi connectivity index (χ1v) is 3.02. The molecule has 1 amide bonds. The zero-order chi connectivity index (χ0) is 9.02. The van der Waals surface area contributed by atoms with E-state index in [1.165, 1.54) is 14.1 Å². The molecule has 64 valence electrons. The number of halogens is 1. The van der Waals surface area contributed by atoms with Gasteiger partial charge in [0.15, 0.2) is 0 Å². The summed E-state index contributed by atoms with van der Waals surface area (Å²) in [6.45, 7) is 0. The first-order chi connectivity index (χ1) is 4.95. The second-order valence-corrected chi connectivity index (χ2v) is 2.30. The molecule has 4 nitrogen and oxygen atoms in total. The highest BCUT2D eigenvalue weighted by Gasteiger charge is 2.20. The Morgan fingerprint density at radius 1 is 1.55 bits per heavy atom. The van der Waals surface area contributed by atoms with E-state index < -0.39 is 24.5 Å². The van der Waals surface area contributed by atoms with Crippen LogP contribution in [-0.2, 0) is 9.59 Å². The van der Waals surface area contributed by atoms with Crippen LogP contribution in [0.4, 0.5) is 4.39 Å². The average molecular weight is 163 g/mol. The van der Waals surface area contributed by atoms with Crippen LogP contribution in [0.2, 0.25) is 0 Å². The van der Waals surface area contributed by atoms with Crippen molar-refractivity contribution < 1.29 is 19.1 Å². The Kier molecular flexibility index (Phi) is 3.50. The Balaban J connectivity index is 3.85. The van der Waals surface area contributed by atoms with Crippen molar-refractivity contribution in [2.75, 3.05) is 14.1 Å². The van der Waals surface area contributed by atoms with Gasteiger partial charge in [0, 0.05) is 14.1 Å². The Bertz CT molecular complexity index is 169. The minimum absolute atomic E-state index is 0.528. The van der Waals surface area contributed by atoms with Crippen molar-refractivity contribution in [1.82, 2.24) is 4.90 Å². The van der Waals surface area contributed by atoms with E-state index >= 15 is 0 Å². The van der Waals surface area contributed by atoms with E-state index in [4.69, 9.17) is 5.11 Å². The van der Waals surface area contributed by atoms with Gasteiger partial charge >= 0.3 is 5.97 Å². The molecule has 0 aliphatic heterocycles. The number of carboxylic acids is 1. The van der Waals surface area contributed by atoms with Gasteiger partial charge in [0.2, 0.25) is 12.1 Å². The molecule has 0 aromatic carbocycles. The van der Waals surface area contributed by atoms with Gasteiger partial charge in [0.25, 0.3) is 0 Å². The first-order valence-electron chi connectivity index (χ1n) is 3.02. The van der Waals surface area contributed by atoms with Crippen LogP contribution in [0, 0.1) is 0 Å². The summed E-state index contributed by atoms with van der Waals surface area (Å²) in [5.74, 6) is -2.12. The lowest BCUT2D eigenvalue weighted by Gasteiger charge is -2.09. The predicted molar refractivity (Wildman–Crippen MR) is 35.8 cm³/mol. The molecule has 0 bridgehead atoms. The molecule has 1 atom stereocenters. The molecular formula is C6H10FNO3. The van der Waals surface area contributed by atoms with E-state index in [-0.39, 0.29) is 0 Å². The van der Waals surface area contributed by atoms with Crippen molar-refractivity contribution in [1.29, 1.82) is 0 Å². The number of carbonyl (C=O) groups excluding carboxylic acids is 1. The maximum absolute atomic E-state index is 12.3. The van der Waals surface area contributed by atoms with E-state index in [2.05, 4.69) is 0 Å². The Labute approximate surface area is 63.6 Å². The number of nitrogens with zero attached hydrogens (tertiary/aromatic N) is 1. The van der Waals surface area contributed by atoms with E-state index in [1.807, 2.05) is 0 Å². The Morgan fingerprint density at radius 2 is 2.00 bits per heavy atom. The molecule has 0 aromatic rings. The maximum atomic E-state index is 12.3. The number of aliphatic carboxylic acids is 1. The Morgan fingerprint density at radius 3 is 2.27 bits per heavy atom. The highest BCUT2D eigenvalue weighted by molar-refractivity contribution is 5.83. The van der Waals surface area contributed by atoms with Gasteiger partial charge in [-0.15, -0.1) is 0 Å². The predicted octanol–water partition coefficient (Wildman–Crippen LogP) is -0.113. The smallest absolute Gasteiger partial charge is 0.338 e. The number of alkyl halides is 1. The van der Waals surface area contributed by atoms with Crippen molar-refractivity contribution in [3.63, 3.8) is 0 Å². The second kappa shape index (κ2) is 3.90. The summed E-state index contributed by atoms with van der Waals surface area (Å²) in [5, 5.41) is 8.07. The van der Waals surface area contributed by atoms with Crippen molar-refractivity contribution in [2.24, 2.45) is 0 Å². The van der Waals surface area contributed by atoms with E-state index in [1.54, 1.807) is 0 Å². The lowest BCUT2D eigenvalue weighted by atomic mass is 10.2. The van der Waals surface area contributed by atoms with Crippen LogP contribution in [0.3, 0.4) is 0 Å². The third kappa shape index (κ3) is 3.54. The molecule has 0 unspecified atom stereocenters. The van der Waals surface area contributed by atoms with Gasteiger partial charge in [-0.25, -0.2) is 9.18 Å². The van der Waals surface area contributed by atoms with Crippen LogP contribution in [-0.4, -0.2) is 42.1 Å². The van der Waals surface area contributed by atoms with Gasteiger partial charge in [-0.3, -0.25) is 4.79 Å². The molecule has 0 rings (SSSR count). The summed E-state index contributed by atoms with van der Waals surface area (Å²) in [7, 11) is 2.88. The van der Waals surface area contributed by atoms with E-state index in [9.17, 15) is 14.0 Å². The summed E-state index contributed by atoms with van der Waals surface area (Å²) < 4.78 is 12.3. The van der Waals surface area contributed by atoms with E-state index in [0.29, 0.717) is 0 Å². The molecule has 0 aliphatic carbocycles. The lowest BCUT2D eigenvalue weighted by molar-refractivity contribution is -0.146. The van der Waals surface area contributed by atoms with E-state index in [0.717, 1.165) is 4.90 Å². The van der Waals surface area contributed by atoms with Gasteiger partial charge in [-0.1, -0.05) is 0 Å². The second-order valence-electron chi connectivity index (χ2n) is 2.30. The fourth-order valence-electron chi connectivity index (χ4n) is 0.423. The van der Waals surface area contributed by atoms with Crippen LogP contribution in [0.5, 0.6) is 0 Å². The normalized spacial score (nSPS) is 12.3. The number of rotatable bonds is 3. The third-order valence-electron chi connectivity index (χ3n) is 1.12. The lowest BCUT2D eigenvalue weighted by Crippen LogP contribution is -2.28.